The quantitative estimate of drug-likeness (QED) is 0.212. The van der Waals surface area contributed by atoms with Crippen LogP contribution in [0.2, 0.25) is 0 Å². The fourth-order valence-electron chi connectivity index (χ4n) is 4.44. The van der Waals surface area contributed by atoms with Crippen LogP contribution < -0.4 is 19.1 Å². The second-order valence-corrected chi connectivity index (χ2v) is 9.47. The summed E-state index contributed by atoms with van der Waals surface area (Å²) in [7, 11) is 4.69. The number of aryl methyl sites for hydroxylation is 1. The number of aromatic nitrogens is 1. The van der Waals surface area contributed by atoms with Crippen molar-refractivity contribution >= 4 is 44.1 Å². The van der Waals surface area contributed by atoms with Gasteiger partial charge < -0.3 is 19.3 Å². The molecule has 1 fully saturated rings. The van der Waals surface area contributed by atoms with Gasteiger partial charge in [-0.25, -0.2) is 4.98 Å². The van der Waals surface area contributed by atoms with Crippen molar-refractivity contribution in [2.75, 3.05) is 26.2 Å². The molecular weight excluding hydrogens is 492 g/mol. The van der Waals surface area contributed by atoms with Gasteiger partial charge in [-0.15, -0.1) is 0 Å². The molecule has 0 spiro atoms. The molecule has 8 nitrogen and oxygen atoms in total. The molecule has 0 bridgehead atoms. The zero-order valence-corrected chi connectivity index (χ0v) is 21.5. The number of hydrogen-bond donors (Lipinski definition) is 1. The van der Waals surface area contributed by atoms with Crippen molar-refractivity contribution in [1.29, 1.82) is 0 Å². The van der Waals surface area contributed by atoms with E-state index in [0.29, 0.717) is 39.0 Å². The smallest absolute Gasteiger partial charge is 0.301 e. The maximum Gasteiger partial charge on any atom is 0.301 e. The van der Waals surface area contributed by atoms with Crippen molar-refractivity contribution in [2.45, 2.75) is 13.0 Å². The van der Waals surface area contributed by atoms with Crippen LogP contribution in [-0.4, -0.2) is 43.1 Å². The predicted molar refractivity (Wildman–Crippen MR) is 142 cm³/mol. The molecule has 9 heteroatoms. The van der Waals surface area contributed by atoms with E-state index in [0.717, 1.165) is 10.3 Å². The average molecular weight is 517 g/mol. The summed E-state index contributed by atoms with van der Waals surface area (Å²) >= 11 is 1.27. The highest BCUT2D eigenvalue weighted by molar-refractivity contribution is 7.22. The second kappa shape index (κ2) is 9.59. The number of thiazole rings is 1. The second-order valence-electron chi connectivity index (χ2n) is 8.46. The molecular formula is C28H24N2O6S. The molecule has 1 aliphatic heterocycles. The van der Waals surface area contributed by atoms with E-state index in [-0.39, 0.29) is 11.3 Å². The van der Waals surface area contributed by atoms with Gasteiger partial charge in [-0.3, -0.25) is 14.5 Å². The lowest BCUT2D eigenvalue weighted by Crippen LogP contribution is -2.29. The molecule has 1 aliphatic rings. The van der Waals surface area contributed by atoms with E-state index < -0.39 is 17.7 Å². The third-order valence-electron chi connectivity index (χ3n) is 6.33. The Labute approximate surface area is 217 Å². The summed E-state index contributed by atoms with van der Waals surface area (Å²) < 4.78 is 16.7. The molecule has 1 saturated heterocycles. The molecule has 0 unspecified atom stereocenters. The van der Waals surface area contributed by atoms with E-state index in [4.69, 9.17) is 14.2 Å². The number of methoxy groups -OCH3 is 3. The zero-order chi connectivity index (χ0) is 26.3. The lowest BCUT2D eigenvalue weighted by Gasteiger charge is -2.23. The van der Waals surface area contributed by atoms with Gasteiger partial charge in [0.1, 0.15) is 23.0 Å². The van der Waals surface area contributed by atoms with Gasteiger partial charge in [0.05, 0.1) is 43.2 Å². The van der Waals surface area contributed by atoms with E-state index in [1.54, 1.807) is 75.9 Å². The van der Waals surface area contributed by atoms with Crippen LogP contribution in [0.1, 0.15) is 22.7 Å². The van der Waals surface area contributed by atoms with Crippen LogP contribution in [0.15, 0.2) is 66.2 Å². The van der Waals surface area contributed by atoms with Crippen molar-refractivity contribution in [3.05, 3.63) is 82.9 Å². The lowest BCUT2D eigenvalue weighted by molar-refractivity contribution is -0.132. The number of carbonyl (C=O) groups is 2. The number of aliphatic hydroxyl groups excluding tert-OH is 1. The fourth-order valence-corrected chi connectivity index (χ4v) is 5.46. The number of nitrogens with zero attached hydrogens (tertiary/aromatic N) is 2. The standard InChI is InChI=1S/C28H24N2O6S/c1-15-13-17(7-12-21(15)36-4)25(31)23-24(16-5-8-18(34-2)9-6-16)30(27(33)26(23)32)28-29-20-11-10-19(35-3)14-22(20)37-28/h5-14,24,31H,1-4H3/b25-23+/t24-/m1/s1. The van der Waals surface area contributed by atoms with Gasteiger partial charge in [-0.1, -0.05) is 23.5 Å². The highest BCUT2D eigenvalue weighted by Crippen LogP contribution is 2.45. The van der Waals surface area contributed by atoms with Crippen LogP contribution >= 0.6 is 11.3 Å². The van der Waals surface area contributed by atoms with Crippen molar-refractivity contribution in [2.24, 2.45) is 0 Å². The number of amides is 1. The summed E-state index contributed by atoms with van der Waals surface area (Å²) in [5.41, 5.74) is 2.47. The van der Waals surface area contributed by atoms with E-state index in [1.165, 1.54) is 16.2 Å². The number of rotatable bonds is 6. The van der Waals surface area contributed by atoms with Crippen LogP contribution in [0.4, 0.5) is 5.13 Å². The third kappa shape index (κ3) is 4.17. The number of hydrogen-bond acceptors (Lipinski definition) is 8. The predicted octanol–water partition coefficient (Wildman–Crippen LogP) is 5.26. The van der Waals surface area contributed by atoms with Crippen molar-refractivity contribution in [3.63, 3.8) is 0 Å². The first-order valence-electron chi connectivity index (χ1n) is 11.4. The van der Waals surface area contributed by atoms with Gasteiger partial charge >= 0.3 is 5.91 Å². The van der Waals surface area contributed by atoms with Crippen LogP contribution in [0.25, 0.3) is 16.0 Å². The number of ether oxygens (including phenoxy) is 3. The molecule has 0 radical (unpaired) electrons. The number of fused-ring (bicyclic) bond motifs is 1. The van der Waals surface area contributed by atoms with Gasteiger partial charge in [0, 0.05) is 5.56 Å². The zero-order valence-electron chi connectivity index (χ0n) is 20.6. The molecule has 1 atom stereocenters. The number of anilines is 1. The molecule has 2 heterocycles. The van der Waals surface area contributed by atoms with E-state index in [1.807, 2.05) is 13.0 Å². The number of ketones is 1. The van der Waals surface area contributed by atoms with Gasteiger partial charge in [0.2, 0.25) is 0 Å². The number of benzene rings is 3. The monoisotopic (exact) mass is 516 g/mol. The summed E-state index contributed by atoms with van der Waals surface area (Å²) in [4.78, 5) is 32.9. The SMILES string of the molecule is COc1ccc([C@@H]2/C(=C(\O)c3ccc(OC)c(C)c3)C(=O)C(=O)N2c2nc3ccc(OC)cc3s2)cc1. The molecule has 1 amide bonds. The molecule has 1 N–H and O–H groups in total. The molecule has 5 rings (SSSR count). The average Bonchev–Trinajstić information content (AvgIpc) is 3.45. The van der Waals surface area contributed by atoms with Gasteiger partial charge in [-0.05, 0) is 66.6 Å². The topological polar surface area (TPSA) is 98.2 Å². The first-order valence-corrected chi connectivity index (χ1v) is 12.2. The third-order valence-corrected chi connectivity index (χ3v) is 7.35. The summed E-state index contributed by atoms with van der Waals surface area (Å²) in [5, 5.41) is 11.7. The van der Waals surface area contributed by atoms with Crippen LogP contribution in [-0.2, 0) is 9.59 Å². The fraction of sp³-hybridized carbons (Fsp3) is 0.179. The Kier molecular flexibility index (Phi) is 6.31. The Bertz CT molecular complexity index is 1560. The van der Waals surface area contributed by atoms with Crippen LogP contribution in [0.3, 0.4) is 0 Å². The minimum atomic E-state index is -0.893. The largest absolute Gasteiger partial charge is 0.507 e. The molecule has 4 aromatic rings. The maximum absolute atomic E-state index is 13.5. The van der Waals surface area contributed by atoms with Crippen LogP contribution in [0, 0.1) is 6.92 Å². The molecule has 0 aliphatic carbocycles. The number of Topliss-reactive ketones (excluding diaryl/α,β-unsaturated/α-hetero) is 1. The summed E-state index contributed by atoms with van der Waals surface area (Å²) in [5.74, 6) is 0.107. The number of aliphatic hydroxyl groups is 1. The maximum atomic E-state index is 13.5. The van der Waals surface area contributed by atoms with E-state index >= 15 is 0 Å². The highest BCUT2D eigenvalue weighted by atomic mass is 32.1. The summed E-state index contributed by atoms with van der Waals surface area (Å²) in [6.45, 7) is 1.84. The van der Waals surface area contributed by atoms with Gasteiger partial charge in [-0.2, -0.15) is 0 Å². The highest BCUT2D eigenvalue weighted by Gasteiger charge is 2.48. The summed E-state index contributed by atoms with van der Waals surface area (Å²) in [6.07, 6.45) is 0. The first-order chi connectivity index (χ1) is 17.9. The van der Waals surface area contributed by atoms with E-state index in [2.05, 4.69) is 4.98 Å². The van der Waals surface area contributed by atoms with Gasteiger partial charge in [0.25, 0.3) is 5.78 Å². The number of carbonyl (C=O) groups excluding carboxylic acids is 2. The van der Waals surface area contributed by atoms with E-state index in [9.17, 15) is 14.7 Å². The Morgan fingerprint density at radius 2 is 1.62 bits per heavy atom. The molecule has 37 heavy (non-hydrogen) atoms. The molecule has 0 saturated carbocycles. The normalized spacial score (nSPS) is 16.9. The minimum Gasteiger partial charge on any atom is -0.507 e. The first kappa shape index (κ1) is 24.3. The van der Waals surface area contributed by atoms with Crippen molar-refractivity contribution in [1.82, 2.24) is 4.98 Å². The van der Waals surface area contributed by atoms with Crippen molar-refractivity contribution in [3.8, 4) is 17.2 Å². The Morgan fingerprint density at radius 3 is 2.27 bits per heavy atom. The Balaban J connectivity index is 1.70. The lowest BCUT2D eigenvalue weighted by atomic mass is 9.95. The Hall–Kier alpha value is -4.37. The molecule has 3 aromatic carbocycles. The van der Waals surface area contributed by atoms with Gasteiger partial charge in [0.15, 0.2) is 5.13 Å². The minimum absolute atomic E-state index is 0.0171. The summed E-state index contributed by atoms with van der Waals surface area (Å²) in [6, 6.07) is 16.6. The molecule has 188 valence electrons. The van der Waals surface area contributed by atoms with Crippen LogP contribution in [0.5, 0.6) is 17.2 Å². The Morgan fingerprint density at radius 1 is 0.919 bits per heavy atom. The van der Waals surface area contributed by atoms with Crippen molar-refractivity contribution < 1.29 is 28.9 Å². The molecule has 1 aromatic heterocycles.